The van der Waals surface area contributed by atoms with E-state index in [1.807, 2.05) is 0 Å². The lowest BCUT2D eigenvalue weighted by atomic mass is 10.2. The Morgan fingerprint density at radius 3 is 2.48 bits per heavy atom. The Kier molecular flexibility index (Phi) is 7.03. The second-order valence-electron chi connectivity index (χ2n) is 6.24. The van der Waals surface area contributed by atoms with Crippen LogP contribution in [0.2, 0.25) is 0 Å². The van der Waals surface area contributed by atoms with Crippen LogP contribution in [0, 0.1) is 0 Å². The van der Waals surface area contributed by atoms with Gasteiger partial charge in [-0.2, -0.15) is 13.2 Å². The molecule has 4 N–H and O–H groups in total. The van der Waals surface area contributed by atoms with Crippen LogP contribution < -0.4 is 21.3 Å². The van der Waals surface area contributed by atoms with Crippen LogP contribution in [0.15, 0.2) is 24.3 Å². The van der Waals surface area contributed by atoms with Crippen molar-refractivity contribution in [1.82, 2.24) is 16.0 Å². The van der Waals surface area contributed by atoms with Crippen LogP contribution in [0.3, 0.4) is 0 Å². The third kappa shape index (κ3) is 7.55. The first-order valence-electron chi connectivity index (χ1n) is 8.52. The Labute approximate surface area is 154 Å². The molecule has 2 rings (SSSR count). The highest BCUT2D eigenvalue weighted by molar-refractivity contribution is 5.97. The van der Waals surface area contributed by atoms with Crippen LogP contribution in [0.4, 0.5) is 23.7 Å². The summed E-state index contributed by atoms with van der Waals surface area (Å²) in [5, 5.41) is 9.39. The van der Waals surface area contributed by atoms with Crippen molar-refractivity contribution in [3.63, 3.8) is 0 Å². The van der Waals surface area contributed by atoms with Crippen molar-refractivity contribution in [3.8, 4) is 0 Å². The Hall–Kier alpha value is -2.78. The lowest BCUT2D eigenvalue weighted by molar-refractivity contribution is -0.123. The first kappa shape index (κ1) is 20.5. The highest BCUT2D eigenvalue weighted by Crippen LogP contribution is 2.17. The van der Waals surface area contributed by atoms with E-state index in [9.17, 15) is 27.6 Å². The lowest BCUT2D eigenvalue weighted by Crippen LogP contribution is -2.45. The van der Waals surface area contributed by atoms with E-state index < -0.39 is 30.6 Å². The van der Waals surface area contributed by atoms with Gasteiger partial charge < -0.3 is 16.0 Å². The number of alkyl halides is 3. The summed E-state index contributed by atoms with van der Waals surface area (Å²) in [5.41, 5.74) is 0.379. The van der Waals surface area contributed by atoms with Crippen LogP contribution in [0.5, 0.6) is 0 Å². The number of urea groups is 1. The Morgan fingerprint density at radius 1 is 1.11 bits per heavy atom. The number of anilines is 1. The number of carbonyl (C=O) groups is 3. The maximum absolute atomic E-state index is 12.1. The molecular weight excluding hydrogens is 365 g/mol. The SMILES string of the molecule is O=C(CNc1cccc(C(=O)NCC(F)(F)F)c1)NC(=O)NC1CCCC1. The quantitative estimate of drug-likeness (QED) is 0.602. The van der Waals surface area contributed by atoms with Crippen LogP contribution in [0.1, 0.15) is 36.0 Å². The monoisotopic (exact) mass is 386 g/mol. The van der Waals surface area contributed by atoms with Crippen molar-refractivity contribution in [2.75, 3.05) is 18.4 Å². The van der Waals surface area contributed by atoms with Crippen molar-refractivity contribution in [2.24, 2.45) is 0 Å². The second-order valence-corrected chi connectivity index (χ2v) is 6.24. The fraction of sp³-hybridized carbons (Fsp3) is 0.471. The van der Waals surface area contributed by atoms with Crippen LogP contribution in [0.25, 0.3) is 0 Å². The van der Waals surface area contributed by atoms with Gasteiger partial charge in [0.1, 0.15) is 6.54 Å². The molecule has 0 radical (unpaired) electrons. The molecule has 27 heavy (non-hydrogen) atoms. The topological polar surface area (TPSA) is 99.3 Å². The Balaban J connectivity index is 1.78. The van der Waals surface area contributed by atoms with Crippen LogP contribution >= 0.6 is 0 Å². The third-order valence-corrected chi connectivity index (χ3v) is 3.97. The summed E-state index contributed by atoms with van der Waals surface area (Å²) in [7, 11) is 0. The minimum absolute atomic E-state index is 0.0173. The standard InChI is InChI=1S/C17H21F3N4O3/c18-17(19,20)10-22-15(26)11-4-3-7-13(8-11)21-9-14(25)24-16(27)23-12-5-1-2-6-12/h3-4,7-8,12,21H,1-2,5-6,9-10H2,(H,22,26)(H2,23,24,25,27). The van der Waals surface area contributed by atoms with Gasteiger partial charge in [-0.1, -0.05) is 18.9 Å². The van der Waals surface area contributed by atoms with Gasteiger partial charge in [-0.05, 0) is 31.0 Å². The summed E-state index contributed by atoms with van der Waals surface area (Å²) in [4.78, 5) is 35.2. The van der Waals surface area contributed by atoms with E-state index in [1.54, 1.807) is 11.4 Å². The number of halogens is 3. The number of amides is 4. The maximum Gasteiger partial charge on any atom is 0.405 e. The molecule has 0 aliphatic heterocycles. The second kappa shape index (κ2) is 9.24. The molecule has 0 unspecified atom stereocenters. The van der Waals surface area contributed by atoms with Crippen molar-refractivity contribution < 1.29 is 27.6 Å². The van der Waals surface area contributed by atoms with E-state index in [0.717, 1.165) is 25.7 Å². The fourth-order valence-corrected chi connectivity index (χ4v) is 2.70. The molecule has 0 aromatic heterocycles. The van der Waals surface area contributed by atoms with Gasteiger partial charge in [0.05, 0.1) is 6.54 Å². The highest BCUT2D eigenvalue weighted by Gasteiger charge is 2.27. The van der Waals surface area contributed by atoms with Crippen LogP contribution in [-0.4, -0.2) is 43.2 Å². The van der Waals surface area contributed by atoms with E-state index in [4.69, 9.17) is 0 Å². The third-order valence-electron chi connectivity index (χ3n) is 3.97. The zero-order chi connectivity index (χ0) is 19.9. The molecular formula is C17H21F3N4O3. The van der Waals surface area contributed by atoms with Gasteiger partial charge in [0.2, 0.25) is 5.91 Å². The van der Waals surface area contributed by atoms with Crippen molar-refractivity contribution in [2.45, 2.75) is 37.9 Å². The van der Waals surface area contributed by atoms with E-state index in [2.05, 4.69) is 16.0 Å². The number of hydrogen-bond donors (Lipinski definition) is 4. The summed E-state index contributed by atoms with van der Waals surface area (Å²) in [6, 6.07) is 5.21. The Morgan fingerprint density at radius 2 is 1.81 bits per heavy atom. The molecule has 7 nitrogen and oxygen atoms in total. The number of rotatable bonds is 6. The molecule has 1 aromatic rings. The molecule has 10 heteroatoms. The Bertz CT molecular complexity index is 688. The van der Waals surface area contributed by atoms with E-state index in [1.165, 1.54) is 18.2 Å². The summed E-state index contributed by atoms with van der Waals surface area (Å²) >= 11 is 0. The molecule has 1 aliphatic rings. The minimum atomic E-state index is -4.50. The van der Waals surface area contributed by atoms with Gasteiger partial charge in [-0.15, -0.1) is 0 Å². The number of hydrogen-bond acceptors (Lipinski definition) is 4. The number of carbonyl (C=O) groups excluding carboxylic acids is 3. The zero-order valence-corrected chi connectivity index (χ0v) is 14.5. The predicted octanol–water partition coefficient (Wildman–Crippen LogP) is 2.16. The molecule has 1 fully saturated rings. The summed E-state index contributed by atoms with van der Waals surface area (Å²) < 4.78 is 36.4. The highest BCUT2D eigenvalue weighted by atomic mass is 19.4. The van der Waals surface area contributed by atoms with E-state index in [0.29, 0.717) is 5.69 Å². The first-order valence-corrected chi connectivity index (χ1v) is 8.52. The first-order chi connectivity index (χ1) is 12.7. The maximum atomic E-state index is 12.1. The molecule has 4 amide bonds. The van der Waals surface area contributed by atoms with Crippen LogP contribution in [-0.2, 0) is 4.79 Å². The van der Waals surface area contributed by atoms with Crippen molar-refractivity contribution in [1.29, 1.82) is 0 Å². The smallest absolute Gasteiger partial charge is 0.376 e. The summed E-state index contributed by atoms with van der Waals surface area (Å²) in [6.07, 6.45) is -0.616. The molecule has 0 spiro atoms. The van der Waals surface area contributed by atoms with Gasteiger partial charge in [0.15, 0.2) is 0 Å². The average Bonchev–Trinajstić information content (AvgIpc) is 3.10. The van der Waals surface area contributed by atoms with Gasteiger partial charge >= 0.3 is 12.2 Å². The van der Waals surface area contributed by atoms with Gasteiger partial charge in [-0.3, -0.25) is 14.9 Å². The molecule has 1 saturated carbocycles. The van der Waals surface area contributed by atoms with Crippen molar-refractivity contribution >= 4 is 23.5 Å². The molecule has 0 atom stereocenters. The molecule has 0 heterocycles. The number of imide groups is 1. The van der Waals surface area contributed by atoms with E-state index >= 15 is 0 Å². The average molecular weight is 386 g/mol. The molecule has 1 aromatic carbocycles. The number of benzene rings is 1. The predicted molar refractivity (Wildman–Crippen MR) is 92.3 cm³/mol. The van der Waals surface area contributed by atoms with Crippen molar-refractivity contribution in [3.05, 3.63) is 29.8 Å². The number of nitrogens with one attached hydrogen (secondary N) is 4. The normalized spacial score (nSPS) is 14.5. The van der Waals surface area contributed by atoms with Gasteiger partial charge in [0.25, 0.3) is 5.91 Å². The zero-order valence-electron chi connectivity index (χ0n) is 14.5. The molecule has 148 valence electrons. The van der Waals surface area contributed by atoms with Gasteiger partial charge in [-0.25, -0.2) is 4.79 Å². The molecule has 0 bridgehead atoms. The van der Waals surface area contributed by atoms with Gasteiger partial charge in [0, 0.05) is 17.3 Å². The minimum Gasteiger partial charge on any atom is -0.376 e. The summed E-state index contributed by atoms with van der Waals surface area (Å²) in [5.74, 6) is -1.45. The fourth-order valence-electron chi connectivity index (χ4n) is 2.70. The lowest BCUT2D eigenvalue weighted by Gasteiger charge is -2.13. The largest absolute Gasteiger partial charge is 0.405 e. The summed E-state index contributed by atoms with van der Waals surface area (Å²) in [6.45, 7) is -1.66. The molecule has 1 aliphatic carbocycles. The molecule has 0 saturated heterocycles. The van der Waals surface area contributed by atoms with E-state index in [-0.39, 0.29) is 18.2 Å².